The summed E-state index contributed by atoms with van der Waals surface area (Å²) in [6.07, 6.45) is 6.20. The molecule has 0 aromatic rings. The van der Waals surface area contributed by atoms with Crippen molar-refractivity contribution in [3.05, 3.63) is 0 Å². The summed E-state index contributed by atoms with van der Waals surface area (Å²) in [6, 6.07) is 0. The Bertz CT molecular complexity index is 215. The molecule has 0 aromatic heterocycles. The van der Waals surface area contributed by atoms with E-state index in [2.05, 4.69) is 0 Å². The summed E-state index contributed by atoms with van der Waals surface area (Å²) in [4.78, 5) is 13.9. The van der Waals surface area contributed by atoms with Crippen LogP contribution in [0.4, 0.5) is 0 Å². The molecule has 1 aliphatic rings. The monoisotopic (exact) mass is 242 g/mol. The molecule has 0 spiro atoms. The molecule has 4 heteroatoms. The zero-order valence-corrected chi connectivity index (χ0v) is 11.0. The van der Waals surface area contributed by atoms with Crippen molar-refractivity contribution in [3.8, 4) is 0 Å². The van der Waals surface area contributed by atoms with Crippen LogP contribution in [0.3, 0.4) is 0 Å². The average molecular weight is 242 g/mol. The van der Waals surface area contributed by atoms with Crippen LogP contribution < -0.4 is 5.73 Å². The number of ether oxygens (including phenoxy) is 1. The fourth-order valence-electron chi connectivity index (χ4n) is 2.22. The Morgan fingerprint density at radius 2 is 2.29 bits per heavy atom. The number of rotatable bonds is 7. The van der Waals surface area contributed by atoms with Crippen molar-refractivity contribution in [2.24, 2.45) is 5.73 Å². The van der Waals surface area contributed by atoms with Crippen LogP contribution in [0.2, 0.25) is 0 Å². The van der Waals surface area contributed by atoms with Gasteiger partial charge in [-0.1, -0.05) is 0 Å². The quantitative estimate of drug-likeness (QED) is 0.736. The van der Waals surface area contributed by atoms with Crippen molar-refractivity contribution >= 4 is 5.91 Å². The molecule has 1 heterocycles. The molecule has 1 fully saturated rings. The minimum absolute atomic E-state index is 0.245. The predicted molar refractivity (Wildman–Crippen MR) is 68.8 cm³/mol. The summed E-state index contributed by atoms with van der Waals surface area (Å²) in [5.74, 6) is 0.245. The van der Waals surface area contributed by atoms with E-state index in [1.165, 1.54) is 12.8 Å². The third kappa shape index (κ3) is 5.50. The van der Waals surface area contributed by atoms with Crippen molar-refractivity contribution in [1.82, 2.24) is 4.90 Å². The van der Waals surface area contributed by atoms with Gasteiger partial charge < -0.3 is 15.4 Å². The first-order chi connectivity index (χ1) is 8.27. The maximum atomic E-state index is 12.0. The molecule has 17 heavy (non-hydrogen) atoms. The van der Waals surface area contributed by atoms with Crippen molar-refractivity contribution in [2.45, 2.75) is 51.6 Å². The van der Waals surface area contributed by atoms with Gasteiger partial charge in [0, 0.05) is 26.1 Å². The largest absolute Gasteiger partial charge is 0.378 e. The number of hydrogen-bond acceptors (Lipinski definition) is 3. The van der Waals surface area contributed by atoms with E-state index in [9.17, 15) is 4.79 Å². The number of carbonyl (C=O) groups is 1. The van der Waals surface area contributed by atoms with E-state index in [0.717, 1.165) is 39.0 Å². The van der Waals surface area contributed by atoms with Gasteiger partial charge in [0.15, 0.2) is 0 Å². The Morgan fingerprint density at radius 3 is 2.88 bits per heavy atom. The zero-order chi connectivity index (χ0) is 12.5. The lowest BCUT2D eigenvalue weighted by molar-refractivity contribution is -0.132. The van der Waals surface area contributed by atoms with Crippen LogP contribution in [0, 0.1) is 0 Å². The van der Waals surface area contributed by atoms with Gasteiger partial charge in [0.2, 0.25) is 5.91 Å². The summed E-state index contributed by atoms with van der Waals surface area (Å²) in [5.41, 5.74) is 5.46. The van der Waals surface area contributed by atoms with Crippen LogP contribution in [0.15, 0.2) is 0 Å². The molecule has 0 bridgehead atoms. The van der Waals surface area contributed by atoms with Gasteiger partial charge in [0.1, 0.15) is 0 Å². The molecule has 1 atom stereocenters. The number of nitrogens with two attached hydrogens (primary N) is 1. The fraction of sp³-hybridized carbons (Fsp3) is 0.923. The minimum Gasteiger partial charge on any atom is -0.378 e. The molecule has 100 valence electrons. The van der Waals surface area contributed by atoms with E-state index >= 15 is 0 Å². The highest BCUT2D eigenvalue weighted by atomic mass is 16.5. The Balaban J connectivity index is 2.21. The third-order valence-electron chi connectivity index (χ3n) is 3.32. The van der Waals surface area contributed by atoms with Gasteiger partial charge in [0.05, 0.1) is 6.10 Å². The Hall–Kier alpha value is -0.610. The van der Waals surface area contributed by atoms with Crippen LogP contribution in [0.25, 0.3) is 0 Å². The maximum Gasteiger partial charge on any atom is 0.222 e. The Morgan fingerprint density at radius 1 is 1.47 bits per heavy atom. The molecule has 2 N–H and O–H groups in total. The number of hydrogen-bond donors (Lipinski definition) is 1. The fourth-order valence-corrected chi connectivity index (χ4v) is 2.22. The van der Waals surface area contributed by atoms with E-state index in [1.54, 1.807) is 0 Å². The lowest BCUT2D eigenvalue weighted by atomic mass is 10.0. The summed E-state index contributed by atoms with van der Waals surface area (Å²) in [7, 11) is 0. The van der Waals surface area contributed by atoms with Gasteiger partial charge in [-0.05, 0) is 45.6 Å². The first-order valence-corrected chi connectivity index (χ1v) is 6.87. The molecular formula is C13H26N2O2. The molecule has 1 unspecified atom stereocenters. The predicted octanol–water partition coefficient (Wildman–Crippen LogP) is 1.53. The van der Waals surface area contributed by atoms with Crippen molar-refractivity contribution < 1.29 is 9.53 Å². The smallest absolute Gasteiger partial charge is 0.222 e. The molecule has 0 saturated carbocycles. The van der Waals surface area contributed by atoms with Crippen LogP contribution >= 0.6 is 0 Å². The molecule has 0 radical (unpaired) electrons. The summed E-state index contributed by atoms with van der Waals surface area (Å²) >= 11 is 0. The molecule has 1 saturated heterocycles. The molecule has 4 nitrogen and oxygen atoms in total. The summed E-state index contributed by atoms with van der Waals surface area (Å²) in [6.45, 7) is 5.10. The van der Waals surface area contributed by atoms with Gasteiger partial charge >= 0.3 is 0 Å². The van der Waals surface area contributed by atoms with Gasteiger partial charge in [0.25, 0.3) is 0 Å². The highest BCUT2D eigenvalue weighted by Crippen LogP contribution is 2.17. The van der Waals surface area contributed by atoms with Gasteiger partial charge in [-0.25, -0.2) is 0 Å². The lowest BCUT2D eigenvalue weighted by Gasteiger charge is -2.24. The van der Waals surface area contributed by atoms with Gasteiger partial charge in [-0.2, -0.15) is 0 Å². The van der Waals surface area contributed by atoms with E-state index in [1.807, 2.05) is 11.8 Å². The molecule has 1 aliphatic heterocycles. The van der Waals surface area contributed by atoms with Crippen LogP contribution in [0.5, 0.6) is 0 Å². The number of amides is 1. The molecule has 1 amide bonds. The van der Waals surface area contributed by atoms with Crippen molar-refractivity contribution in [3.63, 3.8) is 0 Å². The second kappa shape index (κ2) is 8.48. The Labute approximate surface area is 104 Å². The normalized spacial score (nSPS) is 20.2. The molecule has 1 rings (SSSR count). The van der Waals surface area contributed by atoms with Gasteiger partial charge in [-0.15, -0.1) is 0 Å². The zero-order valence-electron chi connectivity index (χ0n) is 11.0. The van der Waals surface area contributed by atoms with Crippen LogP contribution in [-0.2, 0) is 9.53 Å². The lowest BCUT2D eigenvalue weighted by Crippen LogP contribution is -2.33. The highest BCUT2D eigenvalue weighted by Gasteiger charge is 2.17. The van der Waals surface area contributed by atoms with Gasteiger partial charge in [-0.3, -0.25) is 4.79 Å². The van der Waals surface area contributed by atoms with Crippen molar-refractivity contribution in [2.75, 3.05) is 26.2 Å². The first kappa shape index (κ1) is 14.5. The highest BCUT2D eigenvalue weighted by molar-refractivity contribution is 5.76. The standard InChI is InChI=1S/C13H26N2O2/c1-2-15(10-5-9-14)13(16)8-7-12-6-3-4-11-17-12/h12H,2-11,14H2,1H3. The first-order valence-electron chi connectivity index (χ1n) is 6.87. The Kier molecular flexibility index (Phi) is 7.21. The number of carbonyl (C=O) groups excluding carboxylic acids is 1. The van der Waals surface area contributed by atoms with Crippen LogP contribution in [-0.4, -0.2) is 43.2 Å². The van der Waals surface area contributed by atoms with E-state index < -0.39 is 0 Å². The average Bonchev–Trinajstić information content (AvgIpc) is 2.38. The van der Waals surface area contributed by atoms with E-state index in [0.29, 0.717) is 19.1 Å². The van der Waals surface area contributed by atoms with Crippen LogP contribution in [0.1, 0.15) is 45.4 Å². The number of nitrogens with zero attached hydrogens (tertiary/aromatic N) is 1. The molecule has 0 aliphatic carbocycles. The van der Waals surface area contributed by atoms with E-state index in [4.69, 9.17) is 10.5 Å². The summed E-state index contributed by atoms with van der Waals surface area (Å²) in [5, 5.41) is 0. The second-order valence-electron chi connectivity index (χ2n) is 4.64. The maximum absolute atomic E-state index is 12.0. The SMILES string of the molecule is CCN(CCCN)C(=O)CCC1CCCCO1. The second-order valence-corrected chi connectivity index (χ2v) is 4.64. The molecular weight excluding hydrogens is 216 g/mol. The topological polar surface area (TPSA) is 55.6 Å². The van der Waals surface area contributed by atoms with E-state index in [-0.39, 0.29) is 5.91 Å². The third-order valence-corrected chi connectivity index (χ3v) is 3.32. The molecule has 0 aromatic carbocycles. The van der Waals surface area contributed by atoms with Crippen molar-refractivity contribution in [1.29, 1.82) is 0 Å². The minimum atomic E-state index is 0.245. The summed E-state index contributed by atoms with van der Waals surface area (Å²) < 4.78 is 5.63.